The first-order valence-corrected chi connectivity index (χ1v) is 10.1. The van der Waals surface area contributed by atoms with Crippen molar-refractivity contribution in [2.45, 2.75) is 39.8 Å². The highest BCUT2D eigenvalue weighted by molar-refractivity contribution is 5.89. The minimum atomic E-state index is -0.366. The Morgan fingerprint density at radius 3 is 2.69 bits per heavy atom. The van der Waals surface area contributed by atoms with Crippen LogP contribution in [0.1, 0.15) is 36.6 Å². The number of carbonyl (C=O) groups is 1. The molecule has 152 valence electrons. The van der Waals surface area contributed by atoms with E-state index in [0.29, 0.717) is 18.8 Å². The number of nitrogens with zero attached hydrogens (tertiary/aromatic N) is 2. The molecule has 4 nitrogen and oxygen atoms in total. The third kappa shape index (κ3) is 5.70. The maximum Gasteiger partial charge on any atom is 0.322 e. The van der Waals surface area contributed by atoms with Gasteiger partial charge in [-0.05, 0) is 54.8 Å². The Hall–Kier alpha value is -3.08. The van der Waals surface area contributed by atoms with Crippen molar-refractivity contribution in [1.82, 2.24) is 9.47 Å². The van der Waals surface area contributed by atoms with E-state index in [4.69, 9.17) is 0 Å². The number of anilines is 1. The molecule has 0 saturated heterocycles. The van der Waals surface area contributed by atoms with Crippen LogP contribution in [0.5, 0.6) is 0 Å². The van der Waals surface area contributed by atoms with E-state index in [2.05, 4.69) is 35.9 Å². The van der Waals surface area contributed by atoms with Crippen LogP contribution in [0.3, 0.4) is 0 Å². The smallest absolute Gasteiger partial charge is 0.322 e. The summed E-state index contributed by atoms with van der Waals surface area (Å²) in [7, 11) is 0. The lowest BCUT2D eigenvalue weighted by Crippen LogP contribution is -2.36. The first kappa shape index (κ1) is 20.6. The number of aryl methyl sites for hydroxylation is 1. The Morgan fingerprint density at radius 1 is 1.10 bits per heavy atom. The fraction of sp³-hybridized carbons (Fsp3) is 0.292. The van der Waals surface area contributed by atoms with E-state index in [-0.39, 0.29) is 11.8 Å². The van der Waals surface area contributed by atoms with Crippen molar-refractivity contribution in [3.63, 3.8) is 0 Å². The number of carbonyl (C=O) groups excluding carboxylic acids is 1. The van der Waals surface area contributed by atoms with Gasteiger partial charge in [0.05, 0.1) is 6.54 Å². The SMILES string of the molecule is CCCCN(Cc1cccn1Cc1ccccc1C)C(=O)Nc1cccc(F)c1. The Labute approximate surface area is 172 Å². The lowest BCUT2D eigenvalue weighted by Gasteiger charge is -2.24. The summed E-state index contributed by atoms with van der Waals surface area (Å²) < 4.78 is 15.6. The molecule has 29 heavy (non-hydrogen) atoms. The Bertz CT molecular complexity index is 951. The number of urea groups is 1. The Morgan fingerprint density at radius 2 is 1.93 bits per heavy atom. The highest BCUT2D eigenvalue weighted by Gasteiger charge is 2.16. The number of nitrogens with one attached hydrogen (secondary N) is 1. The monoisotopic (exact) mass is 393 g/mol. The molecule has 0 bridgehead atoms. The van der Waals surface area contributed by atoms with Crippen LogP contribution >= 0.6 is 0 Å². The Balaban J connectivity index is 1.74. The van der Waals surface area contributed by atoms with E-state index >= 15 is 0 Å². The number of hydrogen-bond acceptors (Lipinski definition) is 1. The van der Waals surface area contributed by atoms with Crippen molar-refractivity contribution in [3.8, 4) is 0 Å². The molecule has 0 unspecified atom stereocenters. The molecule has 2 amide bonds. The number of hydrogen-bond donors (Lipinski definition) is 1. The molecular weight excluding hydrogens is 365 g/mol. The summed E-state index contributed by atoms with van der Waals surface area (Å²) in [5.74, 6) is -0.366. The van der Waals surface area contributed by atoms with Gasteiger partial charge >= 0.3 is 6.03 Å². The van der Waals surface area contributed by atoms with Gasteiger partial charge in [0.2, 0.25) is 0 Å². The molecule has 5 heteroatoms. The zero-order chi connectivity index (χ0) is 20.6. The van der Waals surface area contributed by atoms with E-state index < -0.39 is 0 Å². The normalized spacial score (nSPS) is 10.7. The molecule has 1 heterocycles. The van der Waals surface area contributed by atoms with Crippen LogP contribution in [-0.2, 0) is 13.1 Å². The van der Waals surface area contributed by atoms with E-state index in [1.54, 1.807) is 17.0 Å². The summed E-state index contributed by atoms with van der Waals surface area (Å²) in [6.07, 6.45) is 3.95. The fourth-order valence-electron chi connectivity index (χ4n) is 3.28. The van der Waals surface area contributed by atoms with Crippen LogP contribution in [0.25, 0.3) is 0 Å². The van der Waals surface area contributed by atoms with Gasteiger partial charge in [0, 0.05) is 30.7 Å². The number of aromatic nitrogens is 1. The maximum atomic E-state index is 13.5. The van der Waals surface area contributed by atoms with Crippen molar-refractivity contribution in [1.29, 1.82) is 0 Å². The van der Waals surface area contributed by atoms with E-state index in [9.17, 15) is 9.18 Å². The quantitative estimate of drug-likeness (QED) is 0.514. The second-order valence-corrected chi connectivity index (χ2v) is 7.27. The van der Waals surface area contributed by atoms with E-state index in [1.165, 1.54) is 23.3 Å². The molecule has 2 aromatic carbocycles. The summed E-state index contributed by atoms with van der Waals surface area (Å²) in [6, 6.07) is 18.2. The van der Waals surface area contributed by atoms with Crippen LogP contribution in [0, 0.1) is 12.7 Å². The molecule has 0 radical (unpaired) electrons. The largest absolute Gasteiger partial charge is 0.345 e. The predicted octanol–water partition coefficient (Wildman–Crippen LogP) is 5.82. The summed E-state index contributed by atoms with van der Waals surface area (Å²) in [4.78, 5) is 14.7. The molecule has 0 aliphatic carbocycles. The van der Waals surface area contributed by atoms with Gasteiger partial charge in [-0.3, -0.25) is 0 Å². The molecule has 0 aliphatic heterocycles. The summed E-state index contributed by atoms with van der Waals surface area (Å²) in [5.41, 5.74) is 4.04. The first-order valence-electron chi connectivity index (χ1n) is 10.1. The van der Waals surface area contributed by atoms with E-state index in [1.807, 2.05) is 30.5 Å². The first-order chi connectivity index (χ1) is 14.1. The molecule has 0 fully saturated rings. The van der Waals surface area contributed by atoms with Gasteiger partial charge in [0.1, 0.15) is 5.82 Å². The molecule has 1 N–H and O–H groups in total. The predicted molar refractivity (Wildman–Crippen MR) is 115 cm³/mol. The van der Waals surface area contributed by atoms with Gasteiger partial charge < -0.3 is 14.8 Å². The molecule has 3 aromatic rings. The summed E-state index contributed by atoms with van der Waals surface area (Å²) in [6.45, 7) is 6.12. The highest BCUT2D eigenvalue weighted by Crippen LogP contribution is 2.16. The number of halogens is 1. The number of amides is 2. The van der Waals surface area contributed by atoms with Crippen LogP contribution in [-0.4, -0.2) is 22.0 Å². The number of benzene rings is 2. The summed E-state index contributed by atoms with van der Waals surface area (Å²) >= 11 is 0. The molecular formula is C24H28FN3O. The van der Waals surface area contributed by atoms with Gasteiger partial charge in [-0.15, -0.1) is 0 Å². The van der Waals surface area contributed by atoms with Crippen LogP contribution in [0.2, 0.25) is 0 Å². The van der Waals surface area contributed by atoms with Gasteiger partial charge in [-0.1, -0.05) is 43.7 Å². The second kappa shape index (κ2) is 9.92. The zero-order valence-corrected chi connectivity index (χ0v) is 17.1. The van der Waals surface area contributed by atoms with Gasteiger partial charge in [0.15, 0.2) is 0 Å². The van der Waals surface area contributed by atoms with Gasteiger partial charge in [0.25, 0.3) is 0 Å². The standard InChI is InChI=1S/C24H28FN3O/c1-3-4-14-28(24(29)26-22-12-7-11-21(25)16-22)18-23-13-8-15-27(23)17-20-10-6-5-9-19(20)2/h5-13,15-16H,3-4,14,17-18H2,1-2H3,(H,26,29). The minimum Gasteiger partial charge on any atom is -0.345 e. The highest BCUT2D eigenvalue weighted by atomic mass is 19.1. The summed E-state index contributed by atoms with van der Waals surface area (Å²) in [5, 5.41) is 2.82. The third-order valence-electron chi connectivity index (χ3n) is 5.02. The maximum absolute atomic E-state index is 13.5. The molecule has 1 aromatic heterocycles. The average Bonchev–Trinajstić information content (AvgIpc) is 3.13. The van der Waals surface area contributed by atoms with Crippen molar-refractivity contribution in [2.24, 2.45) is 0 Å². The molecule has 0 aliphatic rings. The van der Waals surface area contributed by atoms with Crippen molar-refractivity contribution >= 4 is 11.7 Å². The van der Waals surface area contributed by atoms with Crippen molar-refractivity contribution in [3.05, 3.63) is 89.5 Å². The molecule has 0 spiro atoms. The van der Waals surface area contributed by atoms with Gasteiger partial charge in [-0.2, -0.15) is 0 Å². The molecule has 3 rings (SSSR count). The van der Waals surface area contributed by atoms with Crippen LogP contribution < -0.4 is 5.32 Å². The van der Waals surface area contributed by atoms with Crippen LogP contribution in [0.15, 0.2) is 66.9 Å². The minimum absolute atomic E-state index is 0.215. The molecule has 0 saturated carbocycles. The van der Waals surface area contributed by atoms with E-state index in [0.717, 1.165) is 25.1 Å². The van der Waals surface area contributed by atoms with Crippen molar-refractivity contribution in [2.75, 3.05) is 11.9 Å². The van der Waals surface area contributed by atoms with Gasteiger partial charge in [-0.25, -0.2) is 9.18 Å². The molecule has 0 atom stereocenters. The van der Waals surface area contributed by atoms with Crippen molar-refractivity contribution < 1.29 is 9.18 Å². The Kier molecular flexibility index (Phi) is 7.06. The number of unbranched alkanes of at least 4 members (excludes halogenated alkanes) is 1. The topological polar surface area (TPSA) is 37.3 Å². The third-order valence-corrected chi connectivity index (χ3v) is 5.02. The zero-order valence-electron chi connectivity index (χ0n) is 17.1. The lowest BCUT2D eigenvalue weighted by atomic mass is 10.1. The number of rotatable bonds is 8. The van der Waals surface area contributed by atoms with Crippen LogP contribution in [0.4, 0.5) is 14.9 Å². The fourth-order valence-corrected chi connectivity index (χ4v) is 3.28. The lowest BCUT2D eigenvalue weighted by molar-refractivity contribution is 0.207. The second-order valence-electron chi connectivity index (χ2n) is 7.27. The average molecular weight is 394 g/mol.